The number of hydrogen-bond donors (Lipinski definition) is 3. The molecule has 0 unspecified atom stereocenters. The van der Waals surface area contributed by atoms with Crippen molar-refractivity contribution < 1.29 is 13.9 Å². The number of carbonyl (C=O) groups excluding carboxylic acids is 1. The number of nitrogens with two attached hydrogens (primary N) is 1. The van der Waals surface area contributed by atoms with E-state index in [1.165, 1.54) is 10.9 Å². The van der Waals surface area contributed by atoms with Crippen LogP contribution in [0.3, 0.4) is 0 Å². The summed E-state index contributed by atoms with van der Waals surface area (Å²) in [4.78, 5) is 12.2. The predicted molar refractivity (Wildman–Crippen MR) is 112 cm³/mol. The van der Waals surface area contributed by atoms with Gasteiger partial charge in [-0.15, -0.1) is 10.2 Å². The summed E-state index contributed by atoms with van der Waals surface area (Å²) in [5.41, 5.74) is 4.31. The minimum atomic E-state index is -0.188. The largest absolute Gasteiger partial charge is 0.497 e. The molecule has 2 aromatic heterocycles. The van der Waals surface area contributed by atoms with Crippen LogP contribution < -0.4 is 21.3 Å². The molecule has 0 fully saturated rings. The van der Waals surface area contributed by atoms with Crippen LogP contribution in [0.1, 0.15) is 17.1 Å². The number of aryl methyl sites for hydroxylation is 2. The zero-order chi connectivity index (χ0) is 20.8. The summed E-state index contributed by atoms with van der Waals surface area (Å²) in [6.07, 6.45) is 1.50. The van der Waals surface area contributed by atoms with Gasteiger partial charge in [-0.3, -0.25) is 4.79 Å². The molecular formula is C18H21N7O3S. The number of anilines is 2. The van der Waals surface area contributed by atoms with Crippen molar-refractivity contribution in [1.82, 2.24) is 14.9 Å². The van der Waals surface area contributed by atoms with E-state index < -0.39 is 0 Å². The summed E-state index contributed by atoms with van der Waals surface area (Å²) in [6.45, 7) is 3.74. The summed E-state index contributed by atoms with van der Waals surface area (Å²) in [5, 5.41) is 15.1. The van der Waals surface area contributed by atoms with Gasteiger partial charge in [0.15, 0.2) is 0 Å². The third kappa shape index (κ3) is 5.29. The summed E-state index contributed by atoms with van der Waals surface area (Å²) < 4.78 is 11.8. The van der Waals surface area contributed by atoms with Crippen molar-refractivity contribution in [3.8, 4) is 5.75 Å². The maximum atomic E-state index is 12.2. The second-order valence-corrected chi connectivity index (χ2v) is 6.95. The molecule has 0 atom stereocenters. The molecule has 0 aliphatic heterocycles. The molecule has 0 saturated heterocycles. The van der Waals surface area contributed by atoms with Crippen LogP contribution in [0.25, 0.3) is 0 Å². The van der Waals surface area contributed by atoms with Gasteiger partial charge in [0.1, 0.15) is 17.3 Å². The van der Waals surface area contributed by atoms with Gasteiger partial charge in [0.05, 0.1) is 19.1 Å². The van der Waals surface area contributed by atoms with E-state index in [2.05, 4.69) is 26.0 Å². The molecule has 29 heavy (non-hydrogen) atoms. The molecule has 152 valence electrons. The highest BCUT2D eigenvalue weighted by molar-refractivity contribution is 7.99. The third-order valence-electron chi connectivity index (χ3n) is 3.82. The Kier molecular flexibility index (Phi) is 6.39. The molecule has 0 bridgehead atoms. The van der Waals surface area contributed by atoms with Crippen LogP contribution >= 0.6 is 11.8 Å². The molecule has 0 spiro atoms. The highest BCUT2D eigenvalue weighted by Crippen LogP contribution is 2.22. The van der Waals surface area contributed by atoms with Crippen molar-refractivity contribution in [3.63, 3.8) is 0 Å². The van der Waals surface area contributed by atoms with Gasteiger partial charge in [-0.25, -0.2) is 10.1 Å². The number of rotatable bonds is 8. The normalized spacial score (nSPS) is 11.0. The van der Waals surface area contributed by atoms with Gasteiger partial charge in [-0.2, -0.15) is 5.10 Å². The molecule has 0 aliphatic carbocycles. The zero-order valence-corrected chi connectivity index (χ0v) is 17.0. The van der Waals surface area contributed by atoms with E-state index in [9.17, 15) is 4.79 Å². The molecular weight excluding hydrogens is 394 g/mol. The number of nitrogens with zero attached hydrogens (tertiary/aromatic N) is 4. The van der Waals surface area contributed by atoms with Gasteiger partial charge in [-0.05, 0) is 49.7 Å². The number of nitrogen functional groups attached to an aromatic ring is 1. The van der Waals surface area contributed by atoms with Crippen LogP contribution in [0.5, 0.6) is 5.75 Å². The first-order valence-electron chi connectivity index (χ1n) is 8.59. The molecule has 2 heterocycles. The number of amides is 1. The van der Waals surface area contributed by atoms with E-state index in [4.69, 9.17) is 15.0 Å². The van der Waals surface area contributed by atoms with Gasteiger partial charge in [0.2, 0.25) is 11.1 Å². The summed E-state index contributed by atoms with van der Waals surface area (Å²) >= 11 is 1.16. The number of benzene rings is 1. The zero-order valence-electron chi connectivity index (χ0n) is 16.2. The highest BCUT2D eigenvalue weighted by atomic mass is 32.2. The summed E-state index contributed by atoms with van der Waals surface area (Å²) in [5.74, 6) is 8.23. The van der Waals surface area contributed by atoms with Crippen molar-refractivity contribution in [3.05, 3.63) is 47.4 Å². The second kappa shape index (κ2) is 9.15. The van der Waals surface area contributed by atoms with Crippen molar-refractivity contribution in [1.29, 1.82) is 0 Å². The van der Waals surface area contributed by atoms with E-state index in [1.807, 2.05) is 26.0 Å². The molecule has 11 heteroatoms. The van der Waals surface area contributed by atoms with Crippen LogP contribution in [0.2, 0.25) is 0 Å². The van der Waals surface area contributed by atoms with Gasteiger partial charge >= 0.3 is 0 Å². The van der Waals surface area contributed by atoms with E-state index in [1.54, 1.807) is 25.3 Å². The highest BCUT2D eigenvalue weighted by Gasteiger charge is 2.13. The Hall–Kier alpha value is -3.47. The molecule has 4 N–H and O–H groups in total. The lowest BCUT2D eigenvalue weighted by Crippen LogP contribution is -2.17. The monoisotopic (exact) mass is 415 g/mol. The Morgan fingerprint density at radius 1 is 1.34 bits per heavy atom. The minimum Gasteiger partial charge on any atom is -0.497 e. The number of aromatic nitrogens is 3. The van der Waals surface area contributed by atoms with Crippen LogP contribution in [0.15, 0.2) is 45.0 Å². The molecule has 1 amide bonds. The Morgan fingerprint density at radius 2 is 2.17 bits per heavy atom. The standard InChI is InChI=1S/C18H21N7O3S/c1-11-8-13(27-3)6-7-15(11)21-16(26)10-29-18-24-23-17(25(18)19)22-20-9-14-5-4-12(2)28-14/h4-9H,10,19H2,1-3H3,(H,21,26)(H,22,23)/b20-9+. The van der Waals surface area contributed by atoms with Crippen molar-refractivity contribution >= 4 is 35.5 Å². The van der Waals surface area contributed by atoms with E-state index in [-0.39, 0.29) is 17.6 Å². The van der Waals surface area contributed by atoms with Crippen LogP contribution in [-0.4, -0.2) is 39.9 Å². The first-order valence-corrected chi connectivity index (χ1v) is 9.58. The maximum Gasteiger partial charge on any atom is 0.264 e. The van der Waals surface area contributed by atoms with E-state index >= 15 is 0 Å². The Balaban J connectivity index is 1.53. The number of nitrogens with one attached hydrogen (secondary N) is 2. The lowest BCUT2D eigenvalue weighted by atomic mass is 10.2. The van der Waals surface area contributed by atoms with Gasteiger partial charge in [0, 0.05) is 5.69 Å². The lowest BCUT2D eigenvalue weighted by molar-refractivity contribution is -0.113. The smallest absolute Gasteiger partial charge is 0.264 e. The molecule has 0 aliphatic rings. The summed E-state index contributed by atoms with van der Waals surface area (Å²) in [7, 11) is 1.60. The number of hydrogen-bond acceptors (Lipinski definition) is 9. The van der Waals surface area contributed by atoms with Gasteiger partial charge in [-0.1, -0.05) is 11.8 Å². The SMILES string of the molecule is COc1ccc(NC(=O)CSc2nnc(N/N=C/c3ccc(C)o3)n2N)c(C)c1. The molecule has 3 rings (SSSR count). The Morgan fingerprint density at radius 3 is 2.86 bits per heavy atom. The number of carbonyl (C=O) groups is 1. The van der Waals surface area contributed by atoms with E-state index in [0.717, 1.165) is 34.5 Å². The minimum absolute atomic E-state index is 0.121. The number of ether oxygens (including phenoxy) is 1. The second-order valence-electron chi connectivity index (χ2n) is 6.01. The molecule has 0 radical (unpaired) electrons. The number of thioether (sulfide) groups is 1. The fourth-order valence-corrected chi connectivity index (χ4v) is 3.00. The van der Waals surface area contributed by atoms with Crippen LogP contribution in [-0.2, 0) is 4.79 Å². The average Bonchev–Trinajstić information content (AvgIpc) is 3.27. The topological polar surface area (TPSA) is 133 Å². The number of furan rings is 1. The predicted octanol–water partition coefficient (Wildman–Crippen LogP) is 2.39. The number of hydrazone groups is 1. The fraction of sp³-hybridized carbons (Fsp3) is 0.222. The Labute approximate surface area is 171 Å². The Bertz CT molecular complexity index is 1030. The van der Waals surface area contributed by atoms with E-state index in [0.29, 0.717) is 10.9 Å². The molecule has 1 aromatic carbocycles. The first-order chi connectivity index (χ1) is 14.0. The van der Waals surface area contributed by atoms with Gasteiger partial charge < -0.3 is 20.3 Å². The first kappa shape index (κ1) is 20.3. The summed E-state index contributed by atoms with van der Waals surface area (Å²) in [6, 6.07) is 9.05. The van der Waals surface area contributed by atoms with Crippen molar-refractivity contribution in [2.75, 3.05) is 29.4 Å². The van der Waals surface area contributed by atoms with Crippen molar-refractivity contribution in [2.45, 2.75) is 19.0 Å². The van der Waals surface area contributed by atoms with Crippen LogP contribution in [0.4, 0.5) is 11.6 Å². The van der Waals surface area contributed by atoms with Crippen LogP contribution in [0, 0.1) is 13.8 Å². The maximum absolute atomic E-state index is 12.2. The molecule has 10 nitrogen and oxygen atoms in total. The molecule has 0 saturated carbocycles. The molecule has 3 aromatic rings. The average molecular weight is 415 g/mol. The fourth-order valence-electron chi connectivity index (χ4n) is 2.35. The quantitative estimate of drug-likeness (QED) is 0.221. The van der Waals surface area contributed by atoms with Crippen molar-refractivity contribution in [2.24, 2.45) is 5.10 Å². The lowest BCUT2D eigenvalue weighted by Gasteiger charge is -2.09. The third-order valence-corrected chi connectivity index (χ3v) is 4.77. The van der Waals surface area contributed by atoms with Gasteiger partial charge in [0.25, 0.3) is 5.95 Å². The number of methoxy groups -OCH3 is 1.